The first-order chi connectivity index (χ1) is 16.6. The second kappa shape index (κ2) is 9.55. The Morgan fingerprint density at radius 2 is 1.89 bits per heavy atom. The second-order valence-corrected chi connectivity index (χ2v) is 7.71. The normalized spacial score (nSPS) is 11.3. The minimum absolute atomic E-state index is 0.0393. The van der Waals surface area contributed by atoms with E-state index in [-0.39, 0.29) is 12.2 Å². The Morgan fingerprint density at radius 1 is 1.14 bits per heavy atom. The van der Waals surface area contributed by atoms with Gasteiger partial charge in [0.2, 0.25) is 5.88 Å². The van der Waals surface area contributed by atoms with E-state index < -0.39 is 29.6 Å². The van der Waals surface area contributed by atoms with Crippen LogP contribution in [0.15, 0.2) is 78.0 Å². The number of alkyl halides is 3. The summed E-state index contributed by atoms with van der Waals surface area (Å²) in [6, 6.07) is 12.4. The average molecular weight is 505 g/mol. The fourth-order valence-electron chi connectivity index (χ4n) is 3.31. The molecular weight excluding hydrogens is 489 g/mol. The smallest absolute Gasteiger partial charge is 0.493 e. The quantitative estimate of drug-likeness (QED) is 0.400. The van der Waals surface area contributed by atoms with Gasteiger partial charge in [-0.05, 0) is 54.1 Å². The van der Waals surface area contributed by atoms with Crippen LogP contribution in [0.1, 0.15) is 15.9 Å². The minimum Gasteiger partial charge on any atom is -0.493 e. The molecule has 0 unspecified atom stereocenters. The fourth-order valence-corrected chi connectivity index (χ4v) is 3.50. The van der Waals surface area contributed by atoms with E-state index in [0.717, 1.165) is 16.7 Å². The van der Waals surface area contributed by atoms with Crippen molar-refractivity contribution in [1.82, 2.24) is 14.1 Å². The predicted molar refractivity (Wildman–Crippen MR) is 121 cm³/mol. The third-order valence-electron chi connectivity index (χ3n) is 4.85. The maximum absolute atomic E-state index is 12.9. The molecule has 2 aromatic carbocycles. The molecule has 0 aliphatic rings. The molecule has 2 aromatic heterocycles. The predicted octanol–water partition coefficient (Wildman–Crippen LogP) is 4.59. The molecule has 2 N–H and O–H groups in total. The Balaban J connectivity index is 1.58. The lowest BCUT2D eigenvalue weighted by atomic mass is 10.2. The van der Waals surface area contributed by atoms with Crippen molar-refractivity contribution in [1.29, 1.82) is 0 Å². The highest BCUT2D eigenvalue weighted by molar-refractivity contribution is 6.31. The third kappa shape index (κ3) is 5.64. The summed E-state index contributed by atoms with van der Waals surface area (Å²) in [7, 11) is 0. The van der Waals surface area contributed by atoms with Crippen LogP contribution in [-0.4, -0.2) is 31.5 Å². The van der Waals surface area contributed by atoms with E-state index in [1.807, 2.05) is 0 Å². The lowest BCUT2D eigenvalue weighted by Gasteiger charge is -2.11. The van der Waals surface area contributed by atoms with E-state index in [1.165, 1.54) is 41.4 Å². The van der Waals surface area contributed by atoms with Crippen LogP contribution in [0.4, 0.5) is 18.9 Å². The highest BCUT2D eigenvalue weighted by atomic mass is 35.5. The summed E-state index contributed by atoms with van der Waals surface area (Å²) in [5, 5.41) is 13.4. The van der Waals surface area contributed by atoms with E-state index in [1.54, 1.807) is 24.3 Å². The summed E-state index contributed by atoms with van der Waals surface area (Å²) >= 11 is 5.94. The molecule has 0 fully saturated rings. The standard InChI is InChI=1S/C23H16ClF3N4O4/c24-16-3-1-2-14(10-16)21(33)29-19-11-28-9-8-15(19)12-30-13-20(32)31(22(30)34)17-4-6-18(7-5-17)35-23(25,26)27/h1-11,13,32H,12H2,(H,29,33). The van der Waals surface area contributed by atoms with Gasteiger partial charge in [0, 0.05) is 16.8 Å². The van der Waals surface area contributed by atoms with Gasteiger partial charge in [-0.2, -0.15) is 0 Å². The summed E-state index contributed by atoms with van der Waals surface area (Å²) in [6.45, 7) is -0.0393. The van der Waals surface area contributed by atoms with Crippen molar-refractivity contribution in [3.8, 4) is 17.3 Å². The van der Waals surface area contributed by atoms with Gasteiger partial charge in [-0.25, -0.2) is 9.36 Å². The van der Waals surface area contributed by atoms with Gasteiger partial charge >= 0.3 is 12.1 Å². The first kappa shape index (κ1) is 23.9. The van der Waals surface area contributed by atoms with Gasteiger partial charge in [0.25, 0.3) is 5.91 Å². The molecule has 180 valence electrons. The van der Waals surface area contributed by atoms with Crippen LogP contribution < -0.4 is 15.7 Å². The number of pyridine rings is 1. The Kier molecular flexibility index (Phi) is 6.52. The number of hydrogen-bond donors (Lipinski definition) is 2. The van der Waals surface area contributed by atoms with Crippen molar-refractivity contribution in [3.63, 3.8) is 0 Å². The SMILES string of the molecule is O=C(Nc1cnccc1Cn1cc(O)n(-c2ccc(OC(F)(F)F)cc2)c1=O)c1cccc(Cl)c1. The van der Waals surface area contributed by atoms with Crippen LogP contribution in [0.2, 0.25) is 5.02 Å². The molecule has 4 aromatic rings. The average Bonchev–Trinajstić information content (AvgIpc) is 3.07. The zero-order valence-corrected chi connectivity index (χ0v) is 18.4. The summed E-state index contributed by atoms with van der Waals surface area (Å²) in [4.78, 5) is 29.5. The molecule has 35 heavy (non-hydrogen) atoms. The Labute approximate surface area is 200 Å². The van der Waals surface area contributed by atoms with Crippen LogP contribution in [0, 0.1) is 0 Å². The molecule has 12 heteroatoms. The number of halogens is 4. The monoisotopic (exact) mass is 504 g/mol. The van der Waals surface area contributed by atoms with Crippen LogP contribution in [0.25, 0.3) is 5.69 Å². The Hall–Kier alpha value is -4.25. The van der Waals surface area contributed by atoms with E-state index >= 15 is 0 Å². The fraction of sp³-hybridized carbons (Fsp3) is 0.0870. The molecule has 0 spiro atoms. The van der Waals surface area contributed by atoms with Gasteiger partial charge < -0.3 is 15.2 Å². The molecule has 0 atom stereocenters. The van der Waals surface area contributed by atoms with Crippen molar-refractivity contribution < 1.29 is 27.8 Å². The van der Waals surface area contributed by atoms with Crippen molar-refractivity contribution in [2.75, 3.05) is 5.32 Å². The van der Waals surface area contributed by atoms with Crippen molar-refractivity contribution >= 4 is 23.2 Å². The number of carbonyl (C=O) groups excluding carboxylic acids is 1. The van der Waals surface area contributed by atoms with Crippen LogP contribution in [0.3, 0.4) is 0 Å². The number of amides is 1. The van der Waals surface area contributed by atoms with E-state index in [2.05, 4.69) is 15.0 Å². The first-order valence-electron chi connectivity index (χ1n) is 9.98. The number of aromatic nitrogens is 3. The molecular formula is C23H16ClF3N4O4. The second-order valence-electron chi connectivity index (χ2n) is 7.27. The largest absolute Gasteiger partial charge is 0.573 e. The molecule has 2 heterocycles. The van der Waals surface area contributed by atoms with Crippen LogP contribution in [0.5, 0.6) is 11.6 Å². The number of anilines is 1. The lowest BCUT2D eigenvalue weighted by molar-refractivity contribution is -0.274. The number of rotatable bonds is 6. The summed E-state index contributed by atoms with van der Waals surface area (Å²) in [5.74, 6) is -1.33. The van der Waals surface area contributed by atoms with Crippen molar-refractivity contribution in [2.45, 2.75) is 12.9 Å². The summed E-state index contributed by atoms with van der Waals surface area (Å²) in [6.07, 6.45) is -0.787. The van der Waals surface area contributed by atoms with Gasteiger partial charge in [0.15, 0.2) is 0 Å². The number of aromatic hydroxyl groups is 1. The molecule has 0 saturated carbocycles. The Morgan fingerprint density at radius 3 is 2.57 bits per heavy atom. The number of hydrogen-bond acceptors (Lipinski definition) is 5. The molecule has 1 amide bonds. The number of benzene rings is 2. The van der Waals surface area contributed by atoms with Crippen LogP contribution >= 0.6 is 11.6 Å². The molecule has 0 aliphatic heterocycles. The van der Waals surface area contributed by atoms with E-state index in [4.69, 9.17) is 11.6 Å². The topological polar surface area (TPSA) is 98.4 Å². The van der Waals surface area contributed by atoms with Crippen LogP contribution in [-0.2, 0) is 6.54 Å². The number of carbonyl (C=O) groups is 1. The van der Waals surface area contributed by atoms with E-state index in [0.29, 0.717) is 21.8 Å². The first-order valence-corrected chi connectivity index (χ1v) is 10.4. The zero-order valence-electron chi connectivity index (χ0n) is 17.7. The summed E-state index contributed by atoms with van der Waals surface area (Å²) < 4.78 is 43.0. The zero-order chi connectivity index (χ0) is 25.2. The number of ether oxygens (including phenoxy) is 1. The molecule has 0 aliphatic carbocycles. The minimum atomic E-state index is -4.85. The maximum Gasteiger partial charge on any atom is 0.573 e. The van der Waals surface area contributed by atoms with E-state index in [9.17, 15) is 27.9 Å². The molecule has 0 saturated heterocycles. The number of nitrogens with one attached hydrogen (secondary N) is 1. The maximum atomic E-state index is 12.9. The summed E-state index contributed by atoms with van der Waals surface area (Å²) in [5.41, 5.74) is 0.654. The molecule has 8 nitrogen and oxygen atoms in total. The van der Waals surface area contributed by atoms with Gasteiger partial charge in [-0.15, -0.1) is 13.2 Å². The molecule has 4 rings (SSSR count). The Bertz CT molecular complexity index is 1430. The van der Waals surface area contributed by atoms with Crippen molar-refractivity contribution in [2.24, 2.45) is 0 Å². The van der Waals surface area contributed by atoms with Gasteiger partial charge in [0.1, 0.15) is 5.75 Å². The highest BCUT2D eigenvalue weighted by Crippen LogP contribution is 2.25. The van der Waals surface area contributed by atoms with Gasteiger partial charge in [-0.1, -0.05) is 17.7 Å². The van der Waals surface area contributed by atoms with Gasteiger partial charge in [0.05, 0.1) is 30.3 Å². The number of nitrogens with zero attached hydrogens (tertiary/aromatic N) is 3. The van der Waals surface area contributed by atoms with Gasteiger partial charge in [-0.3, -0.25) is 14.3 Å². The molecule has 0 bridgehead atoms. The third-order valence-corrected chi connectivity index (χ3v) is 5.09. The lowest BCUT2D eigenvalue weighted by Crippen LogP contribution is -2.24. The van der Waals surface area contributed by atoms with Crippen molar-refractivity contribution in [3.05, 3.63) is 99.8 Å². The highest BCUT2D eigenvalue weighted by Gasteiger charge is 2.31. The molecule has 0 radical (unpaired) electrons. The number of imidazole rings is 1.